The van der Waals surface area contributed by atoms with Crippen LogP contribution in [0.4, 0.5) is 0 Å². The zero-order valence-electron chi connectivity index (χ0n) is 8.92. The Bertz CT molecular complexity index is 164. The van der Waals surface area contributed by atoms with Crippen LogP contribution in [0.15, 0.2) is 0 Å². The summed E-state index contributed by atoms with van der Waals surface area (Å²) in [5, 5.41) is 10.7. The van der Waals surface area contributed by atoms with E-state index in [-0.39, 0.29) is 5.60 Å². The molecule has 0 heterocycles. The van der Waals surface area contributed by atoms with Crippen molar-refractivity contribution >= 4 is 0 Å². The molecule has 0 atom stereocenters. The van der Waals surface area contributed by atoms with Gasteiger partial charge in [-0.15, -0.1) is 0 Å². The number of hydrogen-bond donors (Lipinski definition) is 1. The van der Waals surface area contributed by atoms with Crippen molar-refractivity contribution in [3.63, 3.8) is 0 Å². The molecule has 2 aliphatic carbocycles. The minimum absolute atomic E-state index is 0.309. The van der Waals surface area contributed by atoms with Crippen LogP contribution in [-0.2, 0) is 0 Å². The highest BCUT2D eigenvalue weighted by molar-refractivity contribution is 5.00. The molecule has 1 N–H and O–H groups in total. The molecule has 0 saturated heterocycles. The molecule has 0 radical (unpaired) electrons. The number of rotatable bonds is 3. The lowest BCUT2D eigenvalue weighted by Gasteiger charge is -2.52. The van der Waals surface area contributed by atoms with Crippen molar-refractivity contribution in [2.24, 2.45) is 17.8 Å². The monoisotopic (exact) mass is 182 g/mol. The summed E-state index contributed by atoms with van der Waals surface area (Å²) >= 11 is 0. The molecule has 0 unspecified atom stereocenters. The van der Waals surface area contributed by atoms with E-state index in [1.54, 1.807) is 0 Å². The molecule has 0 spiro atoms. The highest BCUT2D eigenvalue weighted by atomic mass is 16.3. The lowest BCUT2D eigenvalue weighted by atomic mass is 9.57. The molecule has 0 aromatic rings. The third-order valence-corrected chi connectivity index (χ3v) is 4.44. The van der Waals surface area contributed by atoms with E-state index in [9.17, 15) is 5.11 Å². The van der Waals surface area contributed by atoms with E-state index in [4.69, 9.17) is 0 Å². The average Bonchev–Trinajstić information content (AvgIpc) is 1.77. The van der Waals surface area contributed by atoms with Gasteiger partial charge in [-0.2, -0.15) is 0 Å². The van der Waals surface area contributed by atoms with Crippen LogP contribution in [0.1, 0.15) is 52.4 Å². The molecular formula is C12H22O. The summed E-state index contributed by atoms with van der Waals surface area (Å²) in [5.74, 6) is 1.69. The minimum Gasteiger partial charge on any atom is -0.389 e. The van der Waals surface area contributed by atoms with E-state index in [0.29, 0.717) is 17.8 Å². The van der Waals surface area contributed by atoms with Gasteiger partial charge in [-0.3, -0.25) is 0 Å². The Morgan fingerprint density at radius 1 is 1.00 bits per heavy atom. The van der Waals surface area contributed by atoms with Crippen LogP contribution < -0.4 is 0 Å². The van der Waals surface area contributed by atoms with E-state index < -0.39 is 0 Å². The summed E-state index contributed by atoms with van der Waals surface area (Å²) < 4.78 is 0. The first-order chi connectivity index (χ1) is 6.15. The Morgan fingerprint density at radius 2 is 1.38 bits per heavy atom. The smallest absolute Gasteiger partial charge is 0.0726 e. The molecule has 1 nitrogen and oxygen atoms in total. The zero-order chi connectivity index (χ0) is 9.47. The second-order valence-corrected chi connectivity index (χ2v) is 5.30. The van der Waals surface area contributed by atoms with Gasteiger partial charge in [0.15, 0.2) is 0 Å². The van der Waals surface area contributed by atoms with Crippen molar-refractivity contribution in [3.05, 3.63) is 0 Å². The predicted octanol–water partition coefficient (Wildman–Crippen LogP) is 2.97. The van der Waals surface area contributed by atoms with Gasteiger partial charge in [-0.05, 0) is 43.4 Å². The molecule has 13 heavy (non-hydrogen) atoms. The second-order valence-electron chi connectivity index (χ2n) is 5.30. The summed E-state index contributed by atoms with van der Waals surface area (Å²) in [6, 6.07) is 0. The van der Waals surface area contributed by atoms with E-state index in [0.717, 1.165) is 0 Å². The normalized spacial score (nSPS) is 25.8. The largest absolute Gasteiger partial charge is 0.389 e. The van der Waals surface area contributed by atoms with Crippen molar-refractivity contribution in [1.82, 2.24) is 0 Å². The van der Waals surface area contributed by atoms with Crippen molar-refractivity contribution < 1.29 is 5.11 Å². The maximum Gasteiger partial charge on any atom is 0.0726 e. The van der Waals surface area contributed by atoms with E-state index in [1.807, 2.05) is 0 Å². The van der Waals surface area contributed by atoms with Crippen molar-refractivity contribution in [2.75, 3.05) is 0 Å². The fourth-order valence-electron chi connectivity index (χ4n) is 3.02. The van der Waals surface area contributed by atoms with Crippen LogP contribution in [0.25, 0.3) is 0 Å². The van der Waals surface area contributed by atoms with Gasteiger partial charge in [0.2, 0.25) is 0 Å². The predicted molar refractivity (Wildman–Crippen MR) is 54.5 cm³/mol. The standard InChI is InChI=1S/C12H22O/c1-9(2)12(13,10-5-3-6-10)11-7-4-8-11/h9-11,13H,3-8H2,1-2H3. The molecule has 0 bridgehead atoms. The summed E-state index contributed by atoms with van der Waals surface area (Å²) in [6.07, 6.45) is 7.76. The maximum absolute atomic E-state index is 10.7. The molecule has 2 rings (SSSR count). The zero-order valence-corrected chi connectivity index (χ0v) is 8.92. The Morgan fingerprint density at radius 3 is 1.54 bits per heavy atom. The van der Waals surface area contributed by atoms with Crippen molar-refractivity contribution in [3.8, 4) is 0 Å². The Labute approximate surface area is 81.5 Å². The third-order valence-electron chi connectivity index (χ3n) is 4.44. The first-order valence-corrected chi connectivity index (χ1v) is 5.88. The second kappa shape index (κ2) is 3.27. The van der Waals surface area contributed by atoms with Crippen molar-refractivity contribution in [2.45, 2.75) is 58.0 Å². The van der Waals surface area contributed by atoms with E-state index in [1.165, 1.54) is 38.5 Å². The van der Waals surface area contributed by atoms with Gasteiger partial charge in [0, 0.05) is 0 Å². The molecule has 76 valence electrons. The third kappa shape index (κ3) is 1.32. The fourth-order valence-corrected chi connectivity index (χ4v) is 3.02. The molecular weight excluding hydrogens is 160 g/mol. The van der Waals surface area contributed by atoms with Crippen LogP contribution in [0.2, 0.25) is 0 Å². The van der Waals surface area contributed by atoms with Crippen LogP contribution >= 0.6 is 0 Å². The van der Waals surface area contributed by atoms with Crippen molar-refractivity contribution in [1.29, 1.82) is 0 Å². The first-order valence-electron chi connectivity index (χ1n) is 5.88. The summed E-state index contributed by atoms with van der Waals surface area (Å²) in [4.78, 5) is 0. The molecule has 0 aliphatic heterocycles. The van der Waals surface area contributed by atoms with Gasteiger partial charge < -0.3 is 5.11 Å². The Kier molecular flexibility index (Phi) is 2.39. The fraction of sp³-hybridized carbons (Fsp3) is 1.00. The molecule has 1 heteroatoms. The van der Waals surface area contributed by atoms with Crippen LogP contribution in [0, 0.1) is 17.8 Å². The summed E-state index contributed by atoms with van der Waals surface area (Å²) in [5.41, 5.74) is -0.309. The lowest BCUT2D eigenvalue weighted by Crippen LogP contribution is -2.54. The van der Waals surface area contributed by atoms with Crippen LogP contribution in [0.3, 0.4) is 0 Å². The van der Waals surface area contributed by atoms with Gasteiger partial charge >= 0.3 is 0 Å². The molecule has 0 amide bonds. The van der Waals surface area contributed by atoms with Gasteiger partial charge in [0.05, 0.1) is 5.60 Å². The Hall–Kier alpha value is -0.0400. The summed E-state index contributed by atoms with van der Waals surface area (Å²) in [7, 11) is 0. The highest BCUT2D eigenvalue weighted by Crippen LogP contribution is 2.50. The van der Waals surface area contributed by atoms with Gasteiger partial charge in [0.25, 0.3) is 0 Å². The quantitative estimate of drug-likeness (QED) is 0.711. The first kappa shape index (κ1) is 9.51. The van der Waals surface area contributed by atoms with E-state index in [2.05, 4.69) is 13.8 Å². The molecule has 0 aromatic heterocycles. The molecule has 2 saturated carbocycles. The molecule has 2 fully saturated rings. The Balaban J connectivity index is 2.08. The lowest BCUT2D eigenvalue weighted by molar-refractivity contribution is -0.149. The van der Waals surface area contributed by atoms with Crippen LogP contribution in [-0.4, -0.2) is 10.7 Å². The number of hydrogen-bond acceptors (Lipinski definition) is 1. The van der Waals surface area contributed by atoms with Crippen LogP contribution in [0.5, 0.6) is 0 Å². The molecule has 0 aromatic carbocycles. The molecule has 2 aliphatic rings. The summed E-state index contributed by atoms with van der Waals surface area (Å²) in [6.45, 7) is 4.38. The highest BCUT2D eigenvalue weighted by Gasteiger charge is 2.49. The average molecular weight is 182 g/mol. The number of aliphatic hydroxyl groups is 1. The van der Waals surface area contributed by atoms with Gasteiger partial charge in [-0.25, -0.2) is 0 Å². The van der Waals surface area contributed by atoms with Gasteiger partial charge in [0.1, 0.15) is 0 Å². The topological polar surface area (TPSA) is 20.2 Å². The minimum atomic E-state index is -0.309. The SMILES string of the molecule is CC(C)C(O)(C1CCC1)C1CCC1. The van der Waals surface area contributed by atoms with Gasteiger partial charge in [-0.1, -0.05) is 26.7 Å². The van der Waals surface area contributed by atoms with E-state index >= 15 is 0 Å². The maximum atomic E-state index is 10.7.